The molecule has 1 fully saturated rings. The molecular weight excluding hydrogens is 289 g/mol. The lowest BCUT2D eigenvalue weighted by molar-refractivity contribution is -0.386. The summed E-state index contributed by atoms with van der Waals surface area (Å²) >= 11 is 0. The first-order valence-corrected chi connectivity index (χ1v) is 7.78. The number of hydrogen-bond acceptors (Lipinski definition) is 5. The summed E-state index contributed by atoms with van der Waals surface area (Å²) in [6, 6.07) is 3.91. The zero-order valence-corrected chi connectivity index (χ0v) is 11.6. The zero-order chi connectivity index (χ0) is 14.9. The van der Waals surface area contributed by atoms with Crippen LogP contribution in [-0.2, 0) is 10.0 Å². The second-order valence-electron chi connectivity index (χ2n) is 4.51. The molecule has 0 aliphatic carbocycles. The molecule has 20 heavy (non-hydrogen) atoms. The van der Waals surface area contributed by atoms with Gasteiger partial charge in [0.15, 0.2) is 0 Å². The fourth-order valence-corrected chi connectivity index (χ4v) is 3.03. The van der Waals surface area contributed by atoms with Crippen molar-refractivity contribution in [2.75, 3.05) is 37.3 Å². The van der Waals surface area contributed by atoms with Gasteiger partial charge in [-0.25, -0.2) is 8.42 Å². The quantitative estimate of drug-likeness (QED) is 0.609. The van der Waals surface area contributed by atoms with E-state index in [2.05, 4.69) is 0 Å². The van der Waals surface area contributed by atoms with E-state index >= 15 is 0 Å². The van der Waals surface area contributed by atoms with Crippen molar-refractivity contribution in [3.8, 4) is 0 Å². The summed E-state index contributed by atoms with van der Waals surface area (Å²) < 4.78 is 37.6. The predicted molar refractivity (Wildman–Crippen MR) is 71.7 cm³/mol. The molecule has 7 nitrogen and oxygen atoms in total. The molecule has 1 aromatic rings. The first-order valence-electron chi connectivity index (χ1n) is 5.93. The minimum Gasteiger partial charge on any atom is -0.363 e. The van der Waals surface area contributed by atoms with Crippen molar-refractivity contribution in [3.63, 3.8) is 0 Å². The molecule has 0 atom stereocenters. The minimum absolute atomic E-state index is 0.183. The lowest BCUT2D eigenvalue weighted by Gasteiger charge is -2.34. The molecule has 1 aliphatic rings. The Kier molecular flexibility index (Phi) is 3.91. The average molecular weight is 303 g/mol. The summed E-state index contributed by atoms with van der Waals surface area (Å²) in [4.78, 5) is 11.8. The van der Waals surface area contributed by atoms with Gasteiger partial charge in [0.2, 0.25) is 15.8 Å². The first-order chi connectivity index (χ1) is 9.30. The molecule has 0 spiro atoms. The van der Waals surface area contributed by atoms with Gasteiger partial charge in [-0.15, -0.1) is 0 Å². The number of nitro groups is 1. The van der Waals surface area contributed by atoms with Crippen molar-refractivity contribution >= 4 is 21.4 Å². The zero-order valence-electron chi connectivity index (χ0n) is 10.8. The van der Waals surface area contributed by atoms with E-state index in [-0.39, 0.29) is 31.9 Å². The van der Waals surface area contributed by atoms with Gasteiger partial charge in [-0.2, -0.15) is 8.70 Å². The largest absolute Gasteiger partial charge is 0.363 e. The minimum atomic E-state index is -3.27. The Balaban J connectivity index is 2.24. The standard InChI is InChI=1S/C11H14FN3O4S/c1-20(18,19)14-7-5-13(6-8-14)10-4-2-3-9(12)11(10)15(16)17/h2-4H,5-8H2,1H3. The van der Waals surface area contributed by atoms with Gasteiger partial charge in [0.05, 0.1) is 11.2 Å². The number of nitrogens with zero attached hydrogens (tertiary/aromatic N) is 3. The lowest BCUT2D eigenvalue weighted by Crippen LogP contribution is -2.48. The highest BCUT2D eigenvalue weighted by atomic mass is 32.2. The summed E-state index contributed by atoms with van der Waals surface area (Å²) in [7, 11) is -3.27. The van der Waals surface area contributed by atoms with Crippen LogP contribution >= 0.6 is 0 Å². The second-order valence-corrected chi connectivity index (χ2v) is 6.50. The molecule has 0 unspecified atom stereocenters. The molecule has 1 aromatic carbocycles. The van der Waals surface area contributed by atoms with Crippen molar-refractivity contribution in [2.45, 2.75) is 0 Å². The highest BCUT2D eigenvalue weighted by molar-refractivity contribution is 7.88. The maximum Gasteiger partial charge on any atom is 0.327 e. The summed E-state index contributed by atoms with van der Waals surface area (Å²) in [6.07, 6.45) is 1.12. The highest BCUT2D eigenvalue weighted by Crippen LogP contribution is 2.31. The third-order valence-electron chi connectivity index (χ3n) is 3.20. The monoisotopic (exact) mass is 303 g/mol. The Bertz CT molecular complexity index is 627. The summed E-state index contributed by atoms with van der Waals surface area (Å²) in [6.45, 7) is 1.04. The molecule has 110 valence electrons. The van der Waals surface area contributed by atoms with Gasteiger partial charge in [0, 0.05) is 26.2 Å². The van der Waals surface area contributed by atoms with Crippen LogP contribution in [0.25, 0.3) is 0 Å². The van der Waals surface area contributed by atoms with E-state index in [9.17, 15) is 22.9 Å². The molecule has 2 rings (SSSR count). The number of piperazine rings is 1. The van der Waals surface area contributed by atoms with Gasteiger partial charge >= 0.3 is 5.69 Å². The van der Waals surface area contributed by atoms with E-state index in [1.165, 1.54) is 16.4 Å². The van der Waals surface area contributed by atoms with Crippen LogP contribution in [0.15, 0.2) is 18.2 Å². The SMILES string of the molecule is CS(=O)(=O)N1CCN(c2cccc(F)c2[N+](=O)[O-])CC1. The van der Waals surface area contributed by atoms with E-state index in [0.717, 1.165) is 12.3 Å². The lowest BCUT2D eigenvalue weighted by atomic mass is 10.2. The van der Waals surface area contributed by atoms with Gasteiger partial charge in [0.1, 0.15) is 5.69 Å². The highest BCUT2D eigenvalue weighted by Gasteiger charge is 2.29. The van der Waals surface area contributed by atoms with Crippen molar-refractivity contribution < 1.29 is 17.7 Å². The van der Waals surface area contributed by atoms with Crippen LogP contribution in [0.2, 0.25) is 0 Å². The molecule has 1 aliphatic heterocycles. The molecule has 0 saturated carbocycles. The first kappa shape index (κ1) is 14.7. The van der Waals surface area contributed by atoms with E-state index in [1.54, 1.807) is 4.90 Å². The molecule has 0 N–H and O–H groups in total. The van der Waals surface area contributed by atoms with Crippen LogP contribution in [0.1, 0.15) is 0 Å². The van der Waals surface area contributed by atoms with Crippen LogP contribution in [0.5, 0.6) is 0 Å². The molecule has 0 radical (unpaired) electrons. The van der Waals surface area contributed by atoms with Crippen molar-refractivity contribution in [3.05, 3.63) is 34.1 Å². The molecular formula is C11H14FN3O4S. The van der Waals surface area contributed by atoms with Crippen molar-refractivity contribution in [1.29, 1.82) is 0 Å². The van der Waals surface area contributed by atoms with Crippen LogP contribution in [0.4, 0.5) is 15.8 Å². The van der Waals surface area contributed by atoms with E-state index < -0.39 is 26.5 Å². The van der Waals surface area contributed by atoms with Crippen molar-refractivity contribution in [1.82, 2.24) is 4.31 Å². The summed E-state index contributed by atoms with van der Waals surface area (Å²) in [5.74, 6) is -0.891. The molecule has 1 saturated heterocycles. The topological polar surface area (TPSA) is 83.8 Å². The van der Waals surface area contributed by atoms with Crippen LogP contribution in [0, 0.1) is 15.9 Å². The fraction of sp³-hybridized carbons (Fsp3) is 0.455. The summed E-state index contributed by atoms with van der Waals surface area (Å²) in [5.41, 5.74) is -0.386. The third-order valence-corrected chi connectivity index (χ3v) is 4.50. The van der Waals surface area contributed by atoms with Gasteiger partial charge in [-0.3, -0.25) is 10.1 Å². The number of para-hydroxylation sites is 1. The van der Waals surface area contributed by atoms with Crippen LogP contribution in [0.3, 0.4) is 0 Å². The number of benzene rings is 1. The van der Waals surface area contributed by atoms with Gasteiger partial charge in [-0.05, 0) is 12.1 Å². The average Bonchev–Trinajstić information content (AvgIpc) is 2.37. The number of anilines is 1. The Labute approximate surface area is 115 Å². The van der Waals surface area contributed by atoms with Crippen LogP contribution < -0.4 is 4.90 Å². The Morgan fingerprint density at radius 1 is 1.25 bits per heavy atom. The summed E-state index contributed by atoms with van der Waals surface area (Å²) in [5, 5.41) is 10.9. The number of rotatable bonds is 3. The fourth-order valence-electron chi connectivity index (χ4n) is 2.20. The van der Waals surface area contributed by atoms with Crippen molar-refractivity contribution in [2.24, 2.45) is 0 Å². The van der Waals surface area contributed by atoms with Gasteiger partial charge < -0.3 is 4.90 Å². The number of nitro benzene ring substituents is 1. The Morgan fingerprint density at radius 3 is 2.35 bits per heavy atom. The van der Waals surface area contributed by atoms with E-state index in [4.69, 9.17) is 0 Å². The Hall–Kier alpha value is -1.74. The third kappa shape index (κ3) is 2.88. The molecule has 0 bridgehead atoms. The Morgan fingerprint density at radius 2 is 1.85 bits per heavy atom. The van der Waals surface area contributed by atoms with Crippen LogP contribution in [-0.4, -0.2) is 50.1 Å². The number of halogens is 1. The molecule has 0 aromatic heterocycles. The maximum absolute atomic E-state index is 13.5. The predicted octanol–water partition coefficient (Wildman–Crippen LogP) is 0.815. The van der Waals surface area contributed by atoms with E-state index in [0.29, 0.717) is 0 Å². The maximum atomic E-state index is 13.5. The molecule has 9 heteroatoms. The number of sulfonamides is 1. The molecule has 0 amide bonds. The number of hydrogen-bond donors (Lipinski definition) is 0. The normalized spacial score (nSPS) is 17.2. The second kappa shape index (κ2) is 5.33. The molecule has 1 heterocycles. The smallest absolute Gasteiger partial charge is 0.327 e. The van der Waals surface area contributed by atoms with E-state index in [1.807, 2.05) is 0 Å². The van der Waals surface area contributed by atoms with Gasteiger partial charge in [-0.1, -0.05) is 6.07 Å². The van der Waals surface area contributed by atoms with Gasteiger partial charge in [0.25, 0.3) is 0 Å².